The zero-order valence-electron chi connectivity index (χ0n) is 15.5. The molecule has 0 radical (unpaired) electrons. The maximum absolute atomic E-state index is 12.9. The minimum atomic E-state index is -0.721. The summed E-state index contributed by atoms with van der Waals surface area (Å²) in [4.78, 5) is 25.9. The summed E-state index contributed by atoms with van der Waals surface area (Å²) in [6.07, 6.45) is 3.67. The molecule has 0 bridgehead atoms. The number of methoxy groups -OCH3 is 1. The summed E-state index contributed by atoms with van der Waals surface area (Å²) in [6.45, 7) is 2.90. The predicted molar refractivity (Wildman–Crippen MR) is 98.1 cm³/mol. The zero-order valence-corrected chi connectivity index (χ0v) is 15.5. The lowest BCUT2D eigenvalue weighted by Gasteiger charge is -2.31. The van der Waals surface area contributed by atoms with Crippen molar-refractivity contribution in [1.29, 1.82) is 0 Å². The van der Waals surface area contributed by atoms with Crippen LogP contribution >= 0.6 is 0 Å². The number of nitrogens with zero attached hydrogens (tertiary/aromatic N) is 1. The van der Waals surface area contributed by atoms with Gasteiger partial charge in [-0.05, 0) is 55.7 Å². The molecule has 6 heteroatoms. The maximum Gasteiger partial charge on any atom is 0.318 e. The highest BCUT2D eigenvalue weighted by Crippen LogP contribution is 2.36. The molecule has 1 aromatic rings. The molecule has 2 atom stereocenters. The molecular formula is C20H28N2O4. The van der Waals surface area contributed by atoms with Crippen LogP contribution in [-0.4, -0.2) is 41.7 Å². The van der Waals surface area contributed by atoms with Crippen LogP contribution in [-0.2, 0) is 4.79 Å². The van der Waals surface area contributed by atoms with E-state index >= 15 is 0 Å². The molecular weight excluding hydrogens is 332 g/mol. The van der Waals surface area contributed by atoms with Gasteiger partial charge < -0.3 is 20.1 Å². The first-order chi connectivity index (χ1) is 12.5. The highest BCUT2D eigenvalue weighted by molar-refractivity contribution is 5.75. The van der Waals surface area contributed by atoms with Crippen molar-refractivity contribution < 1.29 is 19.4 Å². The van der Waals surface area contributed by atoms with Crippen LogP contribution in [0.4, 0.5) is 4.79 Å². The smallest absolute Gasteiger partial charge is 0.318 e. The molecule has 2 amide bonds. The van der Waals surface area contributed by atoms with E-state index in [0.717, 1.165) is 37.1 Å². The van der Waals surface area contributed by atoms with Gasteiger partial charge >= 0.3 is 12.0 Å². The Bertz CT molecular complexity index is 655. The van der Waals surface area contributed by atoms with Gasteiger partial charge in [0.2, 0.25) is 0 Å². The second kappa shape index (κ2) is 7.98. The number of carboxylic acid groups (broad SMARTS) is 1. The van der Waals surface area contributed by atoms with Gasteiger partial charge in [0, 0.05) is 12.6 Å². The number of carbonyl (C=O) groups excluding carboxylic acids is 1. The van der Waals surface area contributed by atoms with E-state index in [1.165, 1.54) is 0 Å². The highest BCUT2D eigenvalue weighted by atomic mass is 16.5. The molecule has 0 aromatic heterocycles. The Morgan fingerprint density at radius 3 is 2.62 bits per heavy atom. The number of carbonyl (C=O) groups is 2. The maximum atomic E-state index is 12.9. The third kappa shape index (κ3) is 4.11. The quantitative estimate of drug-likeness (QED) is 0.862. The summed E-state index contributed by atoms with van der Waals surface area (Å²) < 4.78 is 5.32. The normalized spacial score (nSPS) is 28.6. The van der Waals surface area contributed by atoms with Crippen molar-refractivity contribution in [2.45, 2.75) is 51.1 Å². The molecule has 142 valence electrons. The lowest BCUT2D eigenvalue weighted by atomic mass is 9.86. The Kier molecular flexibility index (Phi) is 5.69. The van der Waals surface area contributed by atoms with Gasteiger partial charge in [0.1, 0.15) is 5.75 Å². The number of urea groups is 1. The van der Waals surface area contributed by atoms with Crippen LogP contribution < -0.4 is 10.1 Å². The summed E-state index contributed by atoms with van der Waals surface area (Å²) in [7, 11) is 1.65. The molecule has 2 fully saturated rings. The molecule has 6 nitrogen and oxygen atoms in total. The molecule has 2 unspecified atom stereocenters. The van der Waals surface area contributed by atoms with Crippen LogP contribution in [0.15, 0.2) is 24.3 Å². The number of carboxylic acids is 1. The summed E-state index contributed by atoms with van der Waals surface area (Å²) in [5, 5.41) is 12.2. The van der Waals surface area contributed by atoms with E-state index in [1.54, 1.807) is 7.11 Å². The van der Waals surface area contributed by atoms with Gasteiger partial charge in [0.15, 0.2) is 0 Å². The Morgan fingerprint density at radius 1 is 1.23 bits per heavy atom. The number of nitrogens with one attached hydrogen (secondary N) is 1. The van der Waals surface area contributed by atoms with Crippen molar-refractivity contribution in [2.75, 3.05) is 13.7 Å². The van der Waals surface area contributed by atoms with Crippen molar-refractivity contribution in [3.05, 3.63) is 29.8 Å². The van der Waals surface area contributed by atoms with E-state index in [-0.39, 0.29) is 24.0 Å². The van der Waals surface area contributed by atoms with Gasteiger partial charge in [-0.15, -0.1) is 0 Å². The number of benzene rings is 1. The molecule has 1 aromatic carbocycles. The molecule has 3 rings (SSSR count). The Labute approximate surface area is 154 Å². The second-order valence-electron chi connectivity index (χ2n) is 7.62. The zero-order chi connectivity index (χ0) is 18.7. The number of hydrogen-bond acceptors (Lipinski definition) is 3. The minimum absolute atomic E-state index is 0.0408. The fourth-order valence-corrected chi connectivity index (χ4v) is 4.18. The molecule has 1 heterocycles. The molecule has 1 saturated heterocycles. The van der Waals surface area contributed by atoms with E-state index < -0.39 is 5.97 Å². The van der Waals surface area contributed by atoms with Crippen LogP contribution in [0.5, 0.6) is 5.75 Å². The first kappa shape index (κ1) is 18.5. The van der Waals surface area contributed by atoms with E-state index in [9.17, 15) is 9.59 Å². The van der Waals surface area contributed by atoms with Crippen molar-refractivity contribution >= 4 is 12.0 Å². The van der Waals surface area contributed by atoms with Crippen LogP contribution in [0, 0.1) is 11.8 Å². The number of ether oxygens (including phenoxy) is 1. The van der Waals surface area contributed by atoms with Crippen molar-refractivity contribution in [3.8, 4) is 5.75 Å². The number of rotatable bonds is 4. The fourth-order valence-electron chi connectivity index (χ4n) is 4.18. The molecule has 1 aliphatic heterocycles. The number of likely N-dealkylation sites (tertiary alicyclic amines) is 1. The van der Waals surface area contributed by atoms with Crippen molar-refractivity contribution in [2.24, 2.45) is 11.8 Å². The van der Waals surface area contributed by atoms with Gasteiger partial charge in [0.25, 0.3) is 0 Å². The summed E-state index contributed by atoms with van der Waals surface area (Å²) in [5.74, 6) is 0.259. The summed E-state index contributed by atoms with van der Waals surface area (Å²) >= 11 is 0. The van der Waals surface area contributed by atoms with Crippen LogP contribution in [0.25, 0.3) is 0 Å². The Morgan fingerprint density at radius 2 is 1.96 bits per heavy atom. The SMILES string of the molecule is COc1cccc(C2CC(C)CN2C(=O)NC2CCC(C(=O)O)CC2)c1. The molecule has 2 N–H and O–H groups in total. The van der Waals surface area contributed by atoms with Crippen LogP contribution in [0.3, 0.4) is 0 Å². The van der Waals surface area contributed by atoms with Gasteiger partial charge in [0.05, 0.1) is 19.1 Å². The van der Waals surface area contributed by atoms with Gasteiger partial charge in [-0.25, -0.2) is 4.79 Å². The summed E-state index contributed by atoms with van der Waals surface area (Å²) in [5.41, 5.74) is 1.10. The van der Waals surface area contributed by atoms with E-state index in [2.05, 4.69) is 12.2 Å². The number of hydrogen-bond donors (Lipinski definition) is 2. The molecule has 1 aliphatic carbocycles. The number of amides is 2. The van der Waals surface area contributed by atoms with Gasteiger partial charge in [-0.3, -0.25) is 4.79 Å². The monoisotopic (exact) mass is 360 g/mol. The standard InChI is InChI=1S/C20H28N2O4/c1-13-10-18(15-4-3-5-17(11-15)26-2)22(12-13)20(25)21-16-8-6-14(7-9-16)19(23)24/h3-5,11,13-14,16,18H,6-10,12H2,1-2H3,(H,21,25)(H,23,24). The molecule has 26 heavy (non-hydrogen) atoms. The summed E-state index contributed by atoms with van der Waals surface area (Å²) in [6, 6.07) is 7.99. The number of aliphatic carboxylic acids is 1. The lowest BCUT2D eigenvalue weighted by molar-refractivity contribution is -0.142. The van der Waals surface area contributed by atoms with Gasteiger partial charge in [-0.2, -0.15) is 0 Å². The average Bonchev–Trinajstić information content (AvgIpc) is 3.04. The highest BCUT2D eigenvalue weighted by Gasteiger charge is 2.36. The third-order valence-electron chi connectivity index (χ3n) is 5.65. The largest absolute Gasteiger partial charge is 0.497 e. The topological polar surface area (TPSA) is 78.9 Å². The minimum Gasteiger partial charge on any atom is -0.497 e. The predicted octanol–water partition coefficient (Wildman–Crippen LogP) is 3.43. The third-order valence-corrected chi connectivity index (χ3v) is 5.65. The lowest BCUT2D eigenvalue weighted by Crippen LogP contribution is -2.46. The molecule has 0 spiro atoms. The van der Waals surface area contributed by atoms with Gasteiger partial charge in [-0.1, -0.05) is 19.1 Å². The first-order valence-corrected chi connectivity index (χ1v) is 9.41. The van der Waals surface area contributed by atoms with Crippen molar-refractivity contribution in [3.63, 3.8) is 0 Å². The molecule has 2 aliphatic rings. The average molecular weight is 360 g/mol. The Balaban J connectivity index is 1.64. The molecule has 1 saturated carbocycles. The Hall–Kier alpha value is -2.24. The van der Waals surface area contributed by atoms with Crippen molar-refractivity contribution in [1.82, 2.24) is 10.2 Å². The first-order valence-electron chi connectivity index (χ1n) is 9.41. The fraction of sp³-hybridized carbons (Fsp3) is 0.600. The van der Waals surface area contributed by atoms with E-state index in [1.807, 2.05) is 29.2 Å². The van der Waals surface area contributed by atoms with Crippen LogP contribution in [0.1, 0.15) is 50.6 Å². The van der Waals surface area contributed by atoms with E-state index in [4.69, 9.17) is 9.84 Å². The van der Waals surface area contributed by atoms with Crippen LogP contribution in [0.2, 0.25) is 0 Å². The van der Waals surface area contributed by atoms with E-state index in [0.29, 0.717) is 18.8 Å². The second-order valence-corrected chi connectivity index (χ2v) is 7.62.